The summed E-state index contributed by atoms with van der Waals surface area (Å²) in [5.41, 5.74) is 0.869. The highest BCUT2D eigenvalue weighted by atomic mass is 16.5. The smallest absolute Gasteiger partial charge is 0.338 e. The number of ether oxygens (including phenoxy) is 1. The van der Waals surface area contributed by atoms with E-state index >= 15 is 0 Å². The number of esters is 1. The van der Waals surface area contributed by atoms with Crippen molar-refractivity contribution in [1.82, 2.24) is 4.90 Å². The first-order valence-corrected chi connectivity index (χ1v) is 9.08. The lowest BCUT2D eigenvalue weighted by Gasteiger charge is -2.14. The Balaban J connectivity index is 1.57. The lowest BCUT2D eigenvalue weighted by molar-refractivity contribution is -0.142. The number of nitrogens with one attached hydrogen (secondary N) is 1. The van der Waals surface area contributed by atoms with Gasteiger partial charge in [0.05, 0.1) is 24.0 Å². The molecule has 2 atom stereocenters. The number of benzene rings is 1. The number of likely N-dealkylation sites (tertiary alicyclic amines) is 1. The van der Waals surface area contributed by atoms with Crippen LogP contribution in [0.1, 0.15) is 36.5 Å². The second kappa shape index (κ2) is 8.16. The molecule has 1 aliphatic carbocycles. The minimum Gasteiger partial charge on any atom is -0.462 e. The van der Waals surface area contributed by atoms with Crippen molar-refractivity contribution in [2.75, 3.05) is 18.5 Å². The van der Waals surface area contributed by atoms with Crippen molar-refractivity contribution in [3.63, 3.8) is 0 Å². The third-order valence-corrected chi connectivity index (χ3v) is 4.74. The summed E-state index contributed by atoms with van der Waals surface area (Å²) in [5, 5.41) is 2.65. The molecule has 1 fully saturated rings. The van der Waals surface area contributed by atoms with Gasteiger partial charge in [-0.25, -0.2) is 4.79 Å². The maximum Gasteiger partial charge on any atom is 0.338 e. The molecule has 3 rings (SSSR count). The van der Waals surface area contributed by atoms with Crippen LogP contribution in [0.15, 0.2) is 36.4 Å². The Hall–Kier alpha value is -2.96. The lowest BCUT2D eigenvalue weighted by atomic mass is 9.85. The summed E-state index contributed by atoms with van der Waals surface area (Å²) in [6, 6.07) is 6.27. The van der Waals surface area contributed by atoms with Gasteiger partial charge in [-0.1, -0.05) is 19.1 Å². The molecule has 142 valence electrons. The van der Waals surface area contributed by atoms with Gasteiger partial charge in [-0.3, -0.25) is 19.3 Å². The van der Waals surface area contributed by atoms with E-state index in [1.54, 1.807) is 24.3 Å². The molecule has 1 aliphatic heterocycles. The number of fused-ring (bicyclic) bond motifs is 1. The quantitative estimate of drug-likeness (QED) is 0.470. The summed E-state index contributed by atoms with van der Waals surface area (Å²) >= 11 is 0. The standard InChI is InChI=1S/C20H22N2O5/c1-2-11-27-20(26)13-7-9-14(10-8-13)21-17(23)12-22-18(24)15-5-3-4-6-16(15)19(22)25/h3-4,7-10,15-16H,2,5-6,11-12H2,1H3,(H,21,23)/t15-,16-/m0/s1. The molecule has 0 unspecified atom stereocenters. The molecule has 0 saturated carbocycles. The normalized spacial score (nSPS) is 21.1. The zero-order chi connectivity index (χ0) is 19.4. The molecule has 1 N–H and O–H groups in total. The maximum absolute atomic E-state index is 12.4. The van der Waals surface area contributed by atoms with E-state index in [-0.39, 0.29) is 30.2 Å². The Morgan fingerprint density at radius 2 is 1.67 bits per heavy atom. The third kappa shape index (κ3) is 4.07. The number of imide groups is 1. The highest BCUT2D eigenvalue weighted by molar-refractivity contribution is 6.08. The molecule has 0 bridgehead atoms. The monoisotopic (exact) mass is 370 g/mol. The lowest BCUT2D eigenvalue weighted by Crippen LogP contribution is -2.38. The number of nitrogens with zero attached hydrogens (tertiary/aromatic N) is 1. The second-order valence-corrected chi connectivity index (χ2v) is 6.68. The molecular weight excluding hydrogens is 348 g/mol. The Kier molecular flexibility index (Phi) is 5.69. The molecule has 1 aromatic carbocycles. The number of carbonyl (C=O) groups is 4. The first-order chi connectivity index (χ1) is 13.0. The van der Waals surface area contributed by atoms with Crippen LogP contribution in [0.3, 0.4) is 0 Å². The molecule has 1 heterocycles. The van der Waals surface area contributed by atoms with Crippen molar-refractivity contribution in [1.29, 1.82) is 0 Å². The molecule has 7 heteroatoms. The van der Waals surface area contributed by atoms with Gasteiger partial charge in [0, 0.05) is 5.69 Å². The van der Waals surface area contributed by atoms with Crippen molar-refractivity contribution in [2.45, 2.75) is 26.2 Å². The fraction of sp³-hybridized carbons (Fsp3) is 0.400. The average Bonchev–Trinajstić information content (AvgIpc) is 2.92. The number of anilines is 1. The zero-order valence-electron chi connectivity index (χ0n) is 15.1. The number of amides is 3. The Bertz CT molecular complexity index is 758. The fourth-order valence-corrected chi connectivity index (χ4v) is 3.34. The fourth-order valence-electron chi connectivity index (χ4n) is 3.34. The largest absolute Gasteiger partial charge is 0.462 e. The topological polar surface area (TPSA) is 92.8 Å². The van der Waals surface area contributed by atoms with Crippen molar-refractivity contribution in [3.05, 3.63) is 42.0 Å². The summed E-state index contributed by atoms with van der Waals surface area (Å²) in [6.45, 7) is 1.96. The van der Waals surface area contributed by atoms with Gasteiger partial charge >= 0.3 is 5.97 Å². The minimum atomic E-state index is -0.454. The van der Waals surface area contributed by atoms with Gasteiger partial charge in [0.25, 0.3) is 0 Å². The second-order valence-electron chi connectivity index (χ2n) is 6.68. The van der Waals surface area contributed by atoms with Crippen molar-refractivity contribution >= 4 is 29.4 Å². The molecule has 2 aliphatic rings. The van der Waals surface area contributed by atoms with Gasteiger partial charge in [0.2, 0.25) is 17.7 Å². The first kappa shape index (κ1) is 18.8. The maximum atomic E-state index is 12.4. The Morgan fingerprint density at radius 3 is 2.22 bits per heavy atom. The van der Waals surface area contributed by atoms with Gasteiger partial charge in [-0.15, -0.1) is 0 Å². The number of hydrogen-bond acceptors (Lipinski definition) is 5. The molecule has 7 nitrogen and oxygen atoms in total. The van der Waals surface area contributed by atoms with Crippen LogP contribution in [0, 0.1) is 11.8 Å². The molecule has 27 heavy (non-hydrogen) atoms. The average molecular weight is 370 g/mol. The van der Waals surface area contributed by atoms with E-state index in [4.69, 9.17) is 4.74 Å². The first-order valence-electron chi connectivity index (χ1n) is 9.08. The van der Waals surface area contributed by atoms with E-state index in [2.05, 4.69) is 5.32 Å². The summed E-state index contributed by atoms with van der Waals surface area (Å²) in [5.74, 6) is -2.12. The van der Waals surface area contributed by atoms with Crippen molar-refractivity contribution < 1.29 is 23.9 Å². The number of hydrogen-bond donors (Lipinski definition) is 1. The Labute approximate surface area is 157 Å². The predicted molar refractivity (Wildman–Crippen MR) is 97.7 cm³/mol. The molecule has 1 saturated heterocycles. The number of carbonyl (C=O) groups excluding carboxylic acids is 4. The van der Waals surface area contributed by atoms with E-state index in [0.717, 1.165) is 11.3 Å². The van der Waals surface area contributed by atoms with Crippen molar-refractivity contribution in [2.24, 2.45) is 11.8 Å². The van der Waals surface area contributed by atoms with E-state index in [1.807, 2.05) is 19.1 Å². The van der Waals surface area contributed by atoms with Gasteiger partial charge in [0.1, 0.15) is 6.54 Å². The SMILES string of the molecule is CCCOC(=O)c1ccc(NC(=O)CN2C(=O)[C@H]3CC=CC[C@@H]3C2=O)cc1. The van der Waals surface area contributed by atoms with Gasteiger partial charge < -0.3 is 10.1 Å². The molecule has 1 aromatic rings. The van der Waals surface area contributed by atoms with Crippen LogP contribution in [0.25, 0.3) is 0 Å². The van der Waals surface area contributed by atoms with Gasteiger partial charge in [0.15, 0.2) is 0 Å². The van der Waals surface area contributed by atoms with Crippen LogP contribution in [-0.4, -0.2) is 41.7 Å². The third-order valence-electron chi connectivity index (χ3n) is 4.74. The Morgan fingerprint density at radius 1 is 1.07 bits per heavy atom. The van der Waals surface area contributed by atoms with Crippen LogP contribution in [0.4, 0.5) is 5.69 Å². The minimum absolute atomic E-state index is 0.279. The van der Waals surface area contributed by atoms with Crippen LogP contribution in [0.5, 0.6) is 0 Å². The predicted octanol–water partition coefficient (Wildman–Crippen LogP) is 2.14. The van der Waals surface area contributed by atoms with Crippen LogP contribution < -0.4 is 5.32 Å². The number of rotatable bonds is 6. The molecule has 0 aromatic heterocycles. The van der Waals surface area contributed by atoms with Crippen LogP contribution >= 0.6 is 0 Å². The van der Waals surface area contributed by atoms with E-state index in [1.165, 1.54) is 0 Å². The van der Waals surface area contributed by atoms with Gasteiger partial charge in [-0.2, -0.15) is 0 Å². The van der Waals surface area contributed by atoms with Crippen LogP contribution in [-0.2, 0) is 19.1 Å². The summed E-state index contributed by atoms with van der Waals surface area (Å²) in [7, 11) is 0. The van der Waals surface area contributed by atoms with E-state index < -0.39 is 11.9 Å². The highest BCUT2D eigenvalue weighted by Crippen LogP contribution is 2.34. The molecule has 0 spiro atoms. The van der Waals surface area contributed by atoms with Crippen LogP contribution in [0.2, 0.25) is 0 Å². The molecule has 0 radical (unpaired) electrons. The summed E-state index contributed by atoms with van der Waals surface area (Å²) < 4.78 is 5.04. The zero-order valence-corrected chi connectivity index (χ0v) is 15.1. The highest BCUT2D eigenvalue weighted by Gasteiger charge is 2.47. The molecular formula is C20H22N2O5. The number of allylic oxidation sites excluding steroid dienone is 2. The van der Waals surface area contributed by atoms with E-state index in [9.17, 15) is 19.2 Å². The molecule has 3 amide bonds. The summed E-state index contributed by atoms with van der Waals surface area (Å²) in [6.07, 6.45) is 5.64. The summed E-state index contributed by atoms with van der Waals surface area (Å²) in [4.78, 5) is 49.8. The van der Waals surface area contributed by atoms with Gasteiger partial charge in [-0.05, 0) is 43.5 Å². The van der Waals surface area contributed by atoms with E-state index in [0.29, 0.717) is 30.7 Å². The van der Waals surface area contributed by atoms with Crippen molar-refractivity contribution in [3.8, 4) is 0 Å².